The Morgan fingerprint density at radius 1 is 1.22 bits per heavy atom. The first-order valence-corrected chi connectivity index (χ1v) is 13.4. The highest BCUT2D eigenvalue weighted by atomic mass is 35.5. The molecule has 0 aromatic heterocycles. The number of aryl methyl sites for hydroxylation is 1. The Morgan fingerprint density at radius 2 is 2.05 bits per heavy atom. The van der Waals surface area contributed by atoms with Gasteiger partial charge in [-0.15, -0.1) is 0 Å². The highest BCUT2D eigenvalue weighted by Crippen LogP contribution is 2.31. The molecule has 8 heteroatoms. The van der Waals surface area contributed by atoms with Crippen molar-refractivity contribution >= 4 is 23.5 Å². The summed E-state index contributed by atoms with van der Waals surface area (Å²) >= 11 is 6.31. The number of methoxy groups -OCH3 is 1. The van der Waals surface area contributed by atoms with Crippen LogP contribution in [0.1, 0.15) is 65.3 Å². The molecule has 2 aromatic carbocycles. The van der Waals surface area contributed by atoms with Crippen molar-refractivity contribution in [3.8, 4) is 0 Å². The van der Waals surface area contributed by atoms with Gasteiger partial charge in [0.25, 0.3) is 0 Å². The van der Waals surface area contributed by atoms with Crippen LogP contribution in [0.2, 0.25) is 5.02 Å². The fourth-order valence-corrected chi connectivity index (χ4v) is 4.94. The zero-order valence-electron chi connectivity index (χ0n) is 22.1. The van der Waals surface area contributed by atoms with Gasteiger partial charge in [-0.2, -0.15) is 0 Å². The second kappa shape index (κ2) is 15.1. The number of amides is 1. The highest BCUT2D eigenvalue weighted by Gasteiger charge is 2.22. The molecule has 3 rings (SSSR count). The molecule has 0 spiro atoms. The lowest BCUT2D eigenvalue weighted by Crippen LogP contribution is -2.31. The predicted octanol–water partition coefficient (Wildman–Crippen LogP) is 5.48. The smallest absolute Gasteiger partial charge is 0.406 e. The summed E-state index contributed by atoms with van der Waals surface area (Å²) in [6, 6.07) is 13.6. The second-order valence-electron chi connectivity index (χ2n) is 9.56. The minimum atomic E-state index is -0.512. The number of hydrogen-bond acceptors (Lipinski definition) is 6. The van der Waals surface area contributed by atoms with Gasteiger partial charge in [0.15, 0.2) is 5.78 Å². The molecule has 0 bridgehead atoms. The van der Waals surface area contributed by atoms with Crippen molar-refractivity contribution in [3.05, 3.63) is 69.7 Å². The van der Waals surface area contributed by atoms with E-state index < -0.39 is 12.2 Å². The van der Waals surface area contributed by atoms with Gasteiger partial charge in [-0.3, -0.25) is 4.79 Å². The van der Waals surface area contributed by atoms with Crippen LogP contribution in [0.15, 0.2) is 42.5 Å². The number of ketones is 1. The number of benzene rings is 2. The van der Waals surface area contributed by atoms with Gasteiger partial charge in [-0.1, -0.05) is 35.9 Å². The average molecular weight is 531 g/mol. The maximum Gasteiger partial charge on any atom is 0.406 e. The molecule has 1 fully saturated rings. The Bertz CT molecular complexity index is 1030. The van der Waals surface area contributed by atoms with E-state index in [1.807, 2.05) is 56.4 Å². The lowest BCUT2D eigenvalue weighted by molar-refractivity contribution is 0.0473. The molecule has 1 unspecified atom stereocenters. The molecule has 37 heavy (non-hydrogen) atoms. The number of halogens is 1. The van der Waals surface area contributed by atoms with Crippen molar-refractivity contribution in [1.29, 1.82) is 0 Å². The molecule has 2 N–H and O–H groups in total. The normalized spacial score (nSPS) is 17.1. The number of nitrogens with one attached hydrogen (secondary N) is 2. The molecule has 3 atom stereocenters. The number of carbonyl (C=O) groups excluding carboxylic acids is 2. The Hall–Kier alpha value is -2.45. The van der Waals surface area contributed by atoms with Gasteiger partial charge in [0, 0.05) is 42.8 Å². The maximum absolute atomic E-state index is 13.2. The Kier molecular flexibility index (Phi) is 11.9. The fraction of sp³-hybridized carbons (Fsp3) is 0.517. The monoisotopic (exact) mass is 530 g/mol. The predicted molar refractivity (Wildman–Crippen MR) is 145 cm³/mol. The highest BCUT2D eigenvalue weighted by molar-refractivity contribution is 6.30. The number of hydrogen-bond donors (Lipinski definition) is 2. The summed E-state index contributed by atoms with van der Waals surface area (Å²) in [5, 5.41) is 6.62. The van der Waals surface area contributed by atoms with Gasteiger partial charge in [-0.05, 0) is 80.5 Å². The van der Waals surface area contributed by atoms with Gasteiger partial charge in [0.1, 0.15) is 6.10 Å². The minimum Gasteiger partial charge on any atom is -0.453 e. The number of rotatable bonds is 13. The van der Waals surface area contributed by atoms with E-state index in [0.29, 0.717) is 29.5 Å². The Morgan fingerprint density at radius 3 is 2.78 bits per heavy atom. The van der Waals surface area contributed by atoms with Crippen LogP contribution in [0.3, 0.4) is 0 Å². The van der Waals surface area contributed by atoms with Gasteiger partial charge in [0.2, 0.25) is 0 Å². The van der Waals surface area contributed by atoms with Crippen LogP contribution in [0.5, 0.6) is 0 Å². The summed E-state index contributed by atoms with van der Waals surface area (Å²) < 4.78 is 16.5. The standard InChI is InChI=1S/C29H39ClN2O5/c1-20-9-10-24(30)18-26(20)28(37-15-13-32-29(34)35-3)23-8-4-7-22(17-23)27(33)12-11-25(31-2)16-21-6-5-14-36-19-21/h4,7-10,17-18,21,25,28,31H,5-6,11-16,19H2,1-3H3,(H,32,34)/t21-,25-,28?/m1/s1. The average Bonchev–Trinajstić information content (AvgIpc) is 2.92. The van der Waals surface area contributed by atoms with E-state index in [0.717, 1.165) is 49.2 Å². The lowest BCUT2D eigenvalue weighted by Gasteiger charge is -2.26. The molecule has 1 amide bonds. The molecule has 202 valence electrons. The quantitative estimate of drug-likeness (QED) is 0.263. The summed E-state index contributed by atoms with van der Waals surface area (Å²) in [6.07, 6.45) is 3.61. The molecule has 1 aliphatic heterocycles. The summed E-state index contributed by atoms with van der Waals surface area (Å²) in [6.45, 7) is 4.22. The van der Waals surface area contributed by atoms with Crippen molar-refractivity contribution in [1.82, 2.24) is 10.6 Å². The number of ether oxygens (including phenoxy) is 3. The molecular weight excluding hydrogens is 492 g/mol. The molecule has 1 heterocycles. The van der Waals surface area contributed by atoms with E-state index >= 15 is 0 Å². The molecule has 0 radical (unpaired) electrons. The van der Waals surface area contributed by atoms with E-state index in [1.54, 1.807) is 0 Å². The van der Waals surface area contributed by atoms with Crippen LogP contribution in [0.4, 0.5) is 4.79 Å². The van der Waals surface area contributed by atoms with Crippen molar-refractivity contribution in [2.24, 2.45) is 5.92 Å². The van der Waals surface area contributed by atoms with Crippen LogP contribution in [0.25, 0.3) is 0 Å². The van der Waals surface area contributed by atoms with E-state index in [1.165, 1.54) is 13.5 Å². The van der Waals surface area contributed by atoms with Crippen molar-refractivity contribution in [2.45, 2.75) is 51.2 Å². The van der Waals surface area contributed by atoms with E-state index in [9.17, 15) is 9.59 Å². The molecule has 2 aromatic rings. The van der Waals surface area contributed by atoms with Gasteiger partial charge in [0.05, 0.1) is 13.7 Å². The lowest BCUT2D eigenvalue weighted by atomic mass is 9.91. The van der Waals surface area contributed by atoms with Crippen LogP contribution < -0.4 is 10.6 Å². The first-order valence-electron chi connectivity index (χ1n) is 13.0. The third-order valence-corrected chi connectivity index (χ3v) is 7.11. The van der Waals surface area contributed by atoms with E-state index in [2.05, 4.69) is 15.4 Å². The molecular formula is C29H39ClN2O5. The Labute approximate surface area is 225 Å². The molecule has 1 saturated heterocycles. The third-order valence-electron chi connectivity index (χ3n) is 6.88. The zero-order chi connectivity index (χ0) is 26.6. The number of alkyl carbamates (subject to hydrolysis) is 1. The molecule has 0 saturated carbocycles. The maximum atomic E-state index is 13.2. The van der Waals surface area contributed by atoms with Crippen LogP contribution in [-0.2, 0) is 14.2 Å². The van der Waals surface area contributed by atoms with Gasteiger partial charge < -0.3 is 24.8 Å². The van der Waals surface area contributed by atoms with E-state index in [-0.39, 0.29) is 18.4 Å². The summed E-state index contributed by atoms with van der Waals surface area (Å²) in [7, 11) is 3.28. The molecule has 1 aliphatic rings. The van der Waals surface area contributed by atoms with Crippen LogP contribution in [-0.4, -0.2) is 58.4 Å². The second-order valence-corrected chi connectivity index (χ2v) is 10.00. The fourth-order valence-electron chi connectivity index (χ4n) is 4.76. The zero-order valence-corrected chi connectivity index (χ0v) is 22.8. The van der Waals surface area contributed by atoms with Crippen molar-refractivity contribution in [3.63, 3.8) is 0 Å². The van der Waals surface area contributed by atoms with Crippen molar-refractivity contribution in [2.75, 3.05) is 40.5 Å². The summed E-state index contributed by atoms with van der Waals surface area (Å²) in [4.78, 5) is 24.6. The molecule has 0 aliphatic carbocycles. The molecule has 7 nitrogen and oxygen atoms in total. The summed E-state index contributed by atoms with van der Waals surface area (Å²) in [5.74, 6) is 0.660. The first kappa shape index (κ1) is 29.1. The van der Waals surface area contributed by atoms with Gasteiger partial charge >= 0.3 is 6.09 Å². The number of carbonyl (C=O) groups is 2. The van der Waals surface area contributed by atoms with Crippen LogP contribution in [0, 0.1) is 12.8 Å². The van der Waals surface area contributed by atoms with E-state index in [4.69, 9.17) is 21.1 Å². The minimum absolute atomic E-state index is 0.107. The number of Topliss-reactive ketones (excluding diaryl/α,β-unsaturated/α-hetero) is 1. The van der Waals surface area contributed by atoms with Crippen LogP contribution >= 0.6 is 11.6 Å². The summed E-state index contributed by atoms with van der Waals surface area (Å²) in [5.41, 5.74) is 3.46. The first-order chi connectivity index (χ1) is 17.9. The van der Waals surface area contributed by atoms with Crippen molar-refractivity contribution < 1.29 is 23.8 Å². The van der Waals surface area contributed by atoms with Gasteiger partial charge in [-0.25, -0.2) is 4.79 Å². The third kappa shape index (κ3) is 9.11. The topological polar surface area (TPSA) is 85.9 Å². The SMILES string of the molecule is CN[C@H](CCC(=O)c1cccc(C(OCCNC(=O)OC)c2cc(Cl)ccc2C)c1)C[C@H]1CCCOC1. The largest absolute Gasteiger partial charge is 0.453 e. The Balaban J connectivity index is 1.70.